The largest absolute Gasteiger partial charge is 0.497 e. The number of benzene rings is 2. The number of rotatable bonds is 6. The molecule has 0 atom stereocenters. The molecule has 0 fully saturated rings. The minimum absolute atomic E-state index is 0.306. The van der Waals surface area contributed by atoms with Crippen LogP contribution in [0.15, 0.2) is 46.9 Å². The van der Waals surface area contributed by atoms with Gasteiger partial charge in [-0.2, -0.15) is 0 Å². The van der Waals surface area contributed by atoms with Gasteiger partial charge in [0.25, 0.3) is 5.91 Å². The minimum Gasteiger partial charge on any atom is -0.497 e. The summed E-state index contributed by atoms with van der Waals surface area (Å²) in [5.41, 5.74) is 2.44. The van der Waals surface area contributed by atoms with E-state index in [2.05, 4.69) is 21.2 Å². The summed E-state index contributed by atoms with van der Waals surface area (Å²) in [7, 11) is 1.51. The number of aryl methyl sites for hydroxylation is 1. The van der Waals surface area contributed by atoms with Crippen molar-refractivity contribution in [2.75, 3.05) is 13.7 Å². The number of hydrogen-bond acceptors (Lipinski definition) is 4. The molecule has 6 heteroatoms. The van der Waals surface area contributed by atoms with Crippen LogP contribution in [-0.2, 0) is 16.1 Å². The van der Waals surface area contributed by atoms with Crippen molar-refractivity contribution in [3.63, 3.8) is 0 Å². The second-order valence-corrected chi connectivity index (χ2v) is 6.04. The highest BCUT2D eigenvalue weighted by molar-refractivity contribution is 9.10. The topological polar surface area (TPSA) is 64.6 Å². The van der Waals surface area contributed by atoms with E-state index in [-0.39, 0.29) is 12.5 Å². The monoisotopic (exact) mass is 391 g/mol. The molecule has 0 aliphatic carbocycles. The third-order valence-corrected chi connectivity index (χ3v) is 4.03. The van der Waals surface area contributed by atoms with Crippen LogP contribution in [0.1, 0.15) is 21.5 Å². The molecule has 0 unspecified atom stereocenters. The molecule has 0 bridgehead atoms. The molecule has 1 amide bonds. The summed E-state index contributed by atoms with van der Waals surface area (Å²) in [4.78, 5) is 23.9. The van der Waals surface area contributed by atoms with E-state index in [0.29, 0.717) is 22.3 Å². The van der Waals surface area contributed by atoms with Crippen molar-refractivity contribution in [1.82, 2.24) is 5.32 Å². The Bertz CT molecular complexity index is 728. The molecule has 2 aromatic rings. The number of ether oxygens (including phenoxy) is 2. The number of hydrogen-bond donors (Lipinski definition) is 1. The van der Waals surface area contributed by atoms with Gasteiger partial charge in [-0.25, -0.2) is 4.79 Å². The van der Waals surface area contributed by atoms with Crippen LogP contribution in [0.3, 0.4) is 0 Å². The van der Waals surface area contributed by atoms with Gasteiger partial charge < -0.3 is 14.8 Å². The first kappa shape index (κ1) is 18.0. The second-order valence-electron chi connectivity index (χ2n) is 5.18. The first-order valence-corrected chi connectivity index (χ1v) is 8.12. The number of halogens is 1. The standard InChI is InChI=1S/C18H18BrNO4/c1-12-3-5-13(6-4-12)10-20-17(21)11-24-18(22)15-9-14(23-2)7-8-16(15)19/h3-9H,10-11H2,1-2H3,(H,20,21). The van der Waals surface area contributed by atoms with Crippen molar-refractivity contribution in [1.29, 1.82) is 0 Å². The van der Waals surface area contributed by atoms with E-state index in [1.807, 2.05) is 31.2 Å². The fourth-order valence-corrected chi connectivity index (χ4v) is 2.36. The van der Waals surface area contributed by atoms with Crippen LogP contribution in [0.5, 0.6) is 5.75 Å². The average molecular weight is 392 g/mol. The van der Waals surface area contributed by atoms with E-state index in [1.54, 1.807) is 18.2 Å². The molecule has 24 heavy (non-hydrogen) atoms. The maximum absolute atomic E-state index is 12.1. The van der Waals surface area contributed by atoms with Crippen molar-refractivity contribution >= 4 is 27.8 Å². The second kappa shape index (κ2) is 8.49. The highest BCUT2D eigenvalue weighted by Crippen LogP contribution is 2.23. The predicted molar refractivity (Wildman–Crippen MR) is 94.0 cm³/mol. The van der Waals surface area contributed by atoms with Gasteiger partial charge in [-0.3, -0.25) is 4.79 Å². The summed E-state index contributed by atoms with van der Waals surface area (Å²) in [6, 6.07) is 12.8. The van der Waals surface area contributed by atoms with Gasteiger partial charge in [-0.15, -0.1) is 0 Å². The quantitative estimate of drug-likeness (QED) is 0.767. The Morgan fingerprint density at radius 3 is 2.50 bits per heavy atom. The number of amides is 1. The van der Waals surface area contributed by atoms with Crippen molar-refractivity contribution in [2.45, 2.75) is 13.5 Å². The fraction of sp³-hybridized carbons (Fsp3) is 0.222. The highest BCUT2D eigenvalue weighted by Gasteiger charge is 2.14. The Morgan fingerprint density at radius 2 is 1.83 bits per heavy atom. The minimum atomic E-state index is -0.591. The van der Waals surface area contributed by atoms with Crippen molar-refractivity contribution in [2.24, 2.45) is 0 Å². The van der Waals surface area contributed by atoms with E-state index in [0.717, 1.165) is 11.1 Å². The number of nitrogens with one attached hydrogen (secondary N) is 1. The van der Waals surface area contributed by atoms with Crippen LogP contribution in [0, 0.1) is 6.92 Å². The molecule has 126 valence electrons. The molecule has 1 N–H and O–H groups in total. The van der Waals surface area contributed by atoms with Gasteiger partial charge in [-0.1, -0.05) is 29.8 Å². The summed E-state index contributed by atoms with van der Waals surface area (Å²) >= 11 is 3.28. The molecule has 0 aromatic heterocycles. The van der Waals surface area contributed by atoms with Crippen LogP contribution in [0.2, 0.25) is 0 Å². The first-order valence-electron chi connectivity index (χ1n) is 7.32. The average Bonchev–Trinajstić information content (AvgIpc) is 2.59. The van der Waals surface area contributed by atoms with Gasteiger partial charge >= 0.3 is 5.97 Å². The summed E-state index contributed by atoms with van der Waals surface area (Å²) in [5, 5.41) is 2.71. The SMILES string of the molecule is COc1ccc(Br)c(C(=O)OCC(=O)NCc2ccc(C)cc2)c1. The maximum atomic E-state index is 12.1. The molecule has 0 spiro atoms. The van der Waals surface area contributed by atoms with E-state index < -0.39 is 5.97 Å². The highest BCUT2D eigenvalue weighted by atomic mass is 79.9. The third-order valence-electron chi connectivity index (χ3n) is 3.34. The summed E-state index contributed by atoms with van der Waals surface area (Å²) in [6.07, 6.45) is 0. The normalized spacial score (nSPS) is 10.1. The van der Waals surface area contributed by atoms with Crippen molar-refractivity contribution < 1.29 is 19.1 Å². The summed E-state index contributed by atoms with van der Waals surface area (Å²) in [5.74, 6) is -0.414. The lowest BCUT2D eigenvalue weighted by atomic mass is 10.1. The Balaban J connectivity index is 1.85. The first-order chi connectivity index (χ1) is 11.5. The molecular weight excluding hydrogens is 374 g/mol. The van der Waals surface area contributed by atoms with Gasteiger partial charge in [0.15, 0.2) is 6.61 Å². The maximum Gasteiger partial charge on any atom is 0.339 e. The molecule has 0 aliphatic heterocycles. The van der Waals surface area contributed by atoms with Crippen LogP contribution in [-0.4, -0.2) is 25.6 Å². The summed E-state index contributed by atoms with van der Waals surface area (Å²) < 4.78 is 10.7. The molecule has 0 saturated carbocycles. The number of carbonyl (C=O) groups excluding carboxylic acids is 2. The Hall–Kier alpha value is -2.34. The van der Waals surface area contributed by atoms with Gasteiger partial charge in [0, 0.05) is 11.0 Å². The Kier molecular flexibility index (Phi) is 6.37. The van der Waals surface area contributed by atoms with Crippen molar-refractivity contribution in [3.05, 3.63) is 63.6 Å². The molecular formula is C18H18BrNO4. The van der Waals surface area contributed by atoms with E-state index >= 15 is 0 Å². The molecule has 2 aromatic carbocycles. The van der Waals surface area contributed by atoms with Gasteiger partial charge in [0.05, 0.1) is 12.7 Å². The van der Waals surface area contributed by atoms with Crippen LogP contribution in [0.4, 0.5) is 0 Å². The lowest BCUT2D eigenvalue weighted by Crippen LogP contribution is -2.28. The van der Waals surface area contributed by atoms with E-state index in [1.165, 1.54) is 7.11 Å². The molecule has 2 rings (SSSR count). The number of methoxy groups -OCH3 is 1. The molecule has 0 saturated heterocycles. The lowest BCUT2D eigenvalue weighted by molar-refractivity contribution is -0.124. The zero-order valence-corrected chi connectivity index (χ0v) is 15.1. The third kappa shape index (κ3) is 5.09. The van der Waals surface area contributed by atoms with Gasteiger partial charge in [0.2, 0.25) is 0 Å². The Labute approximate surface area is 149 Å². The van der Waals surface area contributed by atoms with Crippen LogP contribution in [0.25, 0.3) is 0 Å². The van der Waals surface area contributed by atoms with Crippen LogP contribution >= 0.6 is 15.9 Å². The van der Waals surface area contributed by atoms with Crippen molar-refractivity contribution in [3.8, 4) is 5.75 Å². The predicted octanol–water partition coefficient (Wildman–Crippen LogP) is 3.24. The van der Waals surface area contributed by atoms with Gasteiger partial charge in [0.1, 0.15) is 5.75 Å². The van der Waals surface area contributed by atoms with Gasteiger partial charge in [-0.05, 0) is 46.6 Å². The lowest BCUT2D eigenvalue weighted by Gasteiger charge is -2.09. The zero-order valence-electron chi connectivity index (χ0n) is 13.5. The molecule has 0 radical (unpaired) electrons. The summed E-state index contributed by atoms with van der Waals surface area (Å²) in [6.45, 7) is 2.05. The van der Waals surface area contributed by atoms with Crippen LogP contribution < -0.4 is 10.1 Å². The fourth-order valence-electron chi connectivity index (χ4n) is 1.95. The number of esters is 1. The number of carbonyl (C=O) groups is 2. The zero-order chi connectivity index (χ0) is 17.5. The van der Waals surface area contributed by atoms with E-state index in [4.69, 9.17) is 9.47 Å². The smallest absolute Gasteiger partial charge is 0.339 e. The molecule has 0 heterocycles. The molecule has 5 nitrogen and oxygen atoms in total. The molecule has 0 aliphatic rings. The Morgan fingerprint density at radius 1 is 1.12 bits per heavy atom. The van der Waals surface area contributed by atoms with E-state index in [9.17, 15) is 9.59 Å².